The molecule has 0 aliphatic carbocycles. The van der Waals surface area contributed by atoms with Gasteiger partial charge in [0.15, 0.2) is 0 Å². The Morgan fingerprint density at radius 1 is 1.30 bits per heavy atom. The lowest BCUT2D eigenvalue weighted by Crippen LogP contribution is -2.55. The van der Waals surface area contributed by atoms with Crippen molar-refractivity contribution in [3.05, 3.63) is 18.0 Å². The topological polar surface area (TPSA) is 75.5 Å². The summed E-state index contributed by atoms with van der Waals surface area (Å²) in [5.41, 5.74) is 0.775. The molecule has 0 unspecified atom stereocenters. The molecule has 3 rings (SSSR count). The van der Waals surface area contributed by atoms with E-state index < -0.39 is 10.0 Å². The lowest BCUT2D eigenvalue weighted by atomic mass is 9.75. The summed E-state index contributed by atoms with van der Waals surface area (Å²) < 4.78 is 27.5. The summed E-state index contributed by atoms with van der Waals surface area (Å²) in [5.74, 6) is 0.340. The molecule has 0 bridgehead atoms. The van der Waals surface area contributed by atoms with E-state index in [0.717, 1.165) is 5.56 Å². The maximum Gasteiger partial charge on any atom is 0.223 e. The zero-order chi connectivity index (χ0) is 16.8. The second kappa shape index (κ2) is 5.59. The molecule has 1 atom stereocenters. The van der Waals surface area contributed by atoms with E-state index in [2.05, 4.69) is 5.10 Å². The number of aryl methyl sites for hydroxylation is 1. The van der Waals surface area contributed by atoms with Crippen molar-refractivity contribution >= 4 is 15.9 Å². The molecule has 2 aliphatic rings. The van der Waals surface area contributed by atoms with E-state index in [9.17, 15) is 13.2 Å². The summed E-state index contributed by atoms with van der Waals surface area (Å²) in [6, 6.07) is 0. The lowest BCUT2D eigenvalue weighted by molar-refractivity contribution is -0.130. The Kier molecular flexibility index (Phi) is 4.00. The highest BCUT2D eigenvalue weighted by atomic mass is 32.2. The van der Waals surface area contributed by atoms with Gasteiger partial charge >= 0.3 is 0 Å². The van der Waals surface area contributed by atoms with Crippen LogP contribution in [-0.4, -0.2) is 64.7 Å². The van der Waals surface area contributed by atoms with Gasteiger partial charge in [-0.3, -0.25) is 9.48 Å². The first kappa shape index (κ1) is 16.4. The molecule has 0 N–H and O–H groups in total. The quantitative estimate of drug-likeness (QED) is 0.805. The Labute approximate surface area is 137 Å². The van der Waals surface area contributed by atoms with Crippen LogP contribution >= 0.6 is 0 Å². The minimum atomic E-state index is -3.16. The standard InChI is InChI=1S/C15H24N4O3S/c1-4-23(21,22)19-7-5-15(6-8-19)13(9-14(20)18(15)3)12-10-16-17(2)11-12/h10-11,13H,4-9H2,1-3H3/t13-/m0/s1. The summed E-state index contributed by atoms with van der Waals surface area (Å²) >= 11 is 0. The number of likely N-dealkylation sites (tertiary alicyclic amines) is 1. The van der Waals surface area contributed by atoms with Crippen molar-refractivity contribution < 1.29 is 13.2 Å². The van der Waals surface area contributed by atoms with E-state index >= 15 is 0 Å². The van der Waals surface area contributed by atoms with Crippen LogP contribution in [-0.2, 0) is 21.9 Å². The zero-order valence-corrected chi connectivity index (χ0v) is 14.7. The molecule has 3 heterocycles. The normalized spacial score (nSPS) is 25.4. The molecule has 0 aromatic carbocycles. The number of likely N-dealkylation sites (N-methyl/N-ethyl adjacent to an activating group) is 1. The second-order valence-corrected chi connectivity index (χ2v) is 8.82. The van der Waals surface area contributed by atoms with E-state index in [-0.39, 0.29) is 23.1 Å². The van der Waals surface area contributed by atoms with Crippen LogP contribution in [0.1, 0.15) is 37.7 Å². The minimum Gasteiger partial charge on any atom is -0.339 e. The fourth-order valence-electron chi connectivity index (χ4n) is 4.05. The highest BCUT2D eigenvalue weighted by Gasteiger charge is 2.53. The monoisotopic (exact) mass is 340 g/mol. The van der Waals surface area contributed by atoms with Gasteiger partial charge in [-0.2, -0.15) is 5.10 Å². The molecule has 1 aromatic heterocycles. The second-order valence-electron chi connectivity index (χ2n) is 6.56. The molecule has 1 spiro atoms. The Hall–Kier alpha value is -1.41. The van der Waals surface area contributed by atoms with Crippen molar-refractivity contribution in [2.24, 2.45) is 7.05 Å². The van der Waals surface area contributed by atoms with Crippen molar-refractivity contribution in [2.45, 2.75) is 37.6 Å². The fourth-order valence-corrected chi connectivity index (χ4v) is 5.15. The Balaban J connectivity index is 1.88. The molecule has 0 saturated carbocycles. The minimum absolute atomic E-state index is 0.0835. The van der Waals surface area contributed by atoms with E-state index in [1.165, 1.54) is 0 Å². The van der Waals surface area contributed by atoms with Gasteiger partial charge in [0.25, 0.3) is 0 Å². The molecule has 1 amide bonds. The SMILES string of the molecule is CCS(=O)(=O)N1CCC2(CC1)[C@H](c1cnn(C)c1)CC(=O)N2C. The van der Waals surface area contributed by atoms with Gasteiger partial charge in [0.2, 0.25) is 15.9 Å². The number of hydrogen-bond acceptors (Lipinski definition) is 4. The number of hydrogen-bond donors (Lipinski definition) is 0. The van der Waals surface area contributed by atoms with Gasteiger partial charge in [-0.15, -0.1) is 0 Å². The van der Waals surface area contributed by atoms with Crippen LogP contribution in [0.5, 0.6) is 0 Å². The van der Waals surface area contributed by atoms with Crippen molar-refractivity contribution in [3.63, 3.8) is 0 Å². The smallest absolute Gasteiger partial charge is 0.223 e. The Morgan fingerprint density at radius 3 is 2.48 bits per heavy atom. The third kappa shape index (κ3) is 2.57. The number of sulfonamides is 1. The summed E-state index contributed by atoms with van der Waals surface area (Å²) in [7, 11) is 0.555. The summed E-state index contributed by atoms with van der Waals surface area (Å²) in [5, 5.41) is 4.24. The van der Waals surface area contributed by atoms with Crippen molar-refractivity contribution in [1.29, 1.82) is 0 Å². The predicted molar refractivity (Wildman–Crippen MR) is 86.3 cm³/mol. The number of amides is 1. The first-order valence-electron chi connectivity index (χ1n) is 8.03. The van der Waals surface area contributed by atoms with Crippen LogP contribution in [0.3, 0.4) is 0 Å². The first-order valence-corrected chi connectivity index (χ1v) is 9.64. The van der Waals surface area contributed by atoms with Gasteiger partial charge in [0, 0.05) is 45.7 Å². The van der Waals surface area contributed by atoms with Crippen LogP contribution in [0.15, 0.2) is 12.4 Å². The Morgan fingerprint density at radius 2 is 1.96 bits per heavy atom. The molecule has 128 valence electrons. The number of nitrogens with zero attached hydrogens (tertiary/aromatic N) is 4. The van der Waals surface area contributed by atoms with Crippen molar-refractivity contribution in [1.82, 2.24) is 19.0 Å². The first-order chi connectivity index (χ1) is 10.8. The maximum absolute atomic E-state index is 12.3. The van der Waals surface area contributed by atoms with E-state index in [1.54, 1.807) is 15.9 Å². The molecule has 0 radical (unpaired) electrons. The largest absolute Gasteiger partial charge is 0.339 e. The average molecular weight is 340 g/mol. The number of piperidine rings is 1. The van der Waals surface area contributed by atoms with Crippen LogP contribution < -0.4 is 0 Å². The number of aromatic nitrogens is 2. The highest BCUT2D eigenvalue weighted by Crippen LogP contribution is 2.48. The van der Waals surface area contributed by atoms with Crippen molar-refractivity contribution in [3.8, 4) is 0 Å². The molecular formula is C15H24N4O3S. The molecule has 2 fully saturated rings. The molecule has 7 nitrogen and oxygen atoms in total. The zero-order valence-electron chi connectivity index (χ0n) is 13.9. The average Bonchev–Trinajstić information content (AvgIpc) is 3.06. The number of carbonyl (C=O) groups excluding carboxylic acids is 1. The molecule has 23 heavy (non-hydrogen) atoms. The highest BCUT2D eigenvalue weighted by molar-refractivity contribution is 7.89. The molecule has 8 heteroatoms. The Bertz CT molecular complexity index is 704. The van der Waals surface area contributed by atoms with Gasteiger partial charge in [-0.1, -0.05) is 0 Å². The van der Waals surface area contributed by atoms with Gasteiger partial charge in [-0.25, -0.2) is 12.7 Å². The third-order valence-electron chi connectivity index (χ3n) is 5.54. The number of carbonyl (C=O) groups is 1. The fraction of sp³-hybridized carbons (Fsp3) is 0.733. The van der Waals surface area contributed by atoms with Crippen LogP contribution in [0.25, 0.3) is 0 Å². The van der Waals surface area contributed by atoms with Crippen molar-refractivity contribution in [2.75, 3.05) is 25.9 Å². The van der Waals surface area contributed by atoms with Crippen LogP contribution in [0, 0.1) is 0 Å². The van der Waals surface area contributed by atoms with Crippen LogP contribution in [0.2, 0.25) is 0 Å². The molecule has 1 aromatic rings. The van der Waals surface area contributed by atoms with Gasteiger partial charge in [0.1, 0.15) is 0 Å². The summed E-state index contributed by atoms with van der Waals surface area (Å²) in [4.78, 5) is 14.2. The van der Waals surface area contributed by atoms with Gasteiger partial charge < -0.3 is 4.90 Å². The molecule has 2 aliphatic heterocycles. The van der Waals surface area contributed by atoms with E-state index in [1.807, 2.05) is 31.4 Å². The predicted octanol–water partition coefficient (Wildman–Crippen LogP) is 0.550. The third-order valence-corrected chi connectivity index (χ3v) is 7.42. The maximum atomic E-state index is 12.3. The summed E-state index contributed by atoms with van der Waals surface area (Å²) in [6.07, 6.45) is 5.62. The molecular weight excluding hydrogens is 316 g/mol. The lowest BCUT2D eigenvalue weighted by Gasteiger charge is -2.46. The molecule has 2 saturated heterocycles. The van der Waals surface area contributed by atoms with Crippen LogP contribution in [0.4, 0.5) is 0 Å². The van der Waals surface area contributed by atoms with Gasteiger partial charge in [0.05, 0.1) is 17.5 Å². The van der Waals surface area contributed by atoms with Gasteiger partial charge in [-0.05, 0) is 25.3 Å². The summed E-state index contributed by atoms with van der Waals surface area (Å²) in [6.45, 7) is 2.62. The number of rotatable bonds is 3. The van der Waals surface area contributed by atoms with E-state index in [4.69, 9.17) is 0 Å². The van der Waals surface area contributed by atoms with E-state index in [0.29, 0.717) is 32.4 Å².